The van der Waals surface area contributed by atoms with Crippen molar-refractivity contribution in [3.63, 3.8) is 0 Å². The van der Waals surface area contributed by atoms with Gasteiger partial charge in [-0.15, -0.1) is 0 Å². The predicted octanol–water partition coefficient (Wildman–Crippen LogP) is 1.41. The van der Waals surface area contributed by atoms with Gasteiger partial charge in [-0.25, -0.2) is 13.1 Å². The Morgan fingerprint density at radius 1 is 1.11 bits per heavy atom. The van der Waals surface area contributed by atoms with E-state index in [1.165, 1.54) is 0 Å². The maximum absolute atomic E-state index is 12.7. The molecule has 2 aliphatic rings. The average Bonchev–Trinajstić information content (AvgIpc) is 3.29. The molecular formula is C18H23N5O3S. The van der Waals surface area contributed by atoms with Gasteiger partial charge < -0.3 is 10.6 Å². The van der Waals surface area contributed by atoms with E-state index in [2.05, 4.69) is 15.7 Å². The summed E-state index contributed by atoms with van der Waals surface area (Å²) in [5.41, 5.74) is 1.22. The number of hydrogen-bond acceptors (Lipinski definition) is 5. The first-order chi connectivity index (χ1) is 13.0. The number of carbonyl (C=O) groups is 1. The molecule has 1 amide bonds. The standard InChI is InChI=1S/C18H23N5O3S/c24-18(16-12-17-19-8-11-23(17)21-16)20-13-14-4-6-15(7-5-14)27(25,26)22-9-2-1-3-10-22/h4-7,12,19H,1-3,8-11,13H2,(H,20,24). The van der Waals surface area contributed by atoms with Gasteiger partial charge in [-0.05, 0) is 30.5 Å². The molecule has 1 fully saturated rings. The second-order valence-corrected chi connectivity index (χ2v) is 8.79. The van der Waals surface area contributed by atoms with Gasteiger partial charge >= 0.3 is 0 Å². The highest BCUT2D eigenvalue weighted by Crippen LogP contribution is 2.21. The van der Waals surface area contributed by atoms with E-state index < -0.39 is 10.0 Å². The summed E-state index contributed by atoms with van der Waals surface area (Å²) in [6.07, 6.45) is 2.91. The lowest BCUT2D eigenvalue weighted by Crippen LogP contribution is -2.35. The van der Waals surface area contributed by atoms with Crippen LogP contribution < -0.4 is 10.6 Å². The zero-order valence-corrected chi connectivity index (χ0v) is 15.8. The number of amides is 1. The third-order valence-corrected chi connectivity index (χ3v) is 6.88. The third-order valence-electron chi connectivity index (χ3n) is 4.97. The minimum Gasteiger partial charge on any atom is -0.368 e. The second-order valence-electron chi connectivity index (χ2n) is 6.86. The van der Waals surface area contributed by atoms with Crippen LogP contribution >= 0.6 is 0 Å². The zero-order chi connectivity index (χ0) is 18.9. The van der Waals surface area contributed by atoms with Crippen molar-refractivity contribution in [2.75, 3.05) is 25.0 Å². The van der Waals surface area contributed by atoms with Crippen molar-refractivity contribution in [1.82, 2.24) is 19.4 Å². The van der Waals surface area contributed by atoms with E-state index in [1.807, 2.05) is 0 Å². The number of carbonyl (C=O) groups excluding carboxylic acids is 1. The molecule has 0 atom stereocenters. The van der Waals surface area contributed by atoms with Gasteiger partial charge in [0, 0.05) is 32.2 Å². The van der Waals surface area contributed by atoms with Crippen LogP contribution in [0.2, 0.25) is 0 Å². The molecule has 1 aromatic carbocycles. The fraction of sp³-hybridized carbons (Fsp3) is 0.444. The summed E-state index contributed by atoms with van der Waals surface area (Å²) in [4.78, 5) is 12.5. The lowest BCUT2D eigenvalue weighted by molar-refractivity contribution is 0.0945. The van der Waals surface area contributed by atoms with Crippen molar-refractivity contribution >= 4 is 21.7 Å². The lowest BCUT2D eigenvalue weighted by Gasteiger charge is -2.25. The Hall–Kier alpha value is -2.39. The number of fused-ring (bicyclic) bond motifs is 1. The van der Waals surface area contributed by atoms with E-state index in [1.54, 1.807) is 39.3 Å². The predicted molar refractivity (Wildman–Crippen MR) is 101 cm³/mol. The molecule has 2 aromatic rings. The Labute approximate surface area is 158 Å². The quantitative estimate of drug-likeness (QED) is 0.806. The fourth-order valence-corrected chi connectivity index (χ4v) is 4.95. The SMILES string of the molecule is O=C(NCc1ccc(S(=O)(=O)N2CCCCC2)cc1)c1cc2n(n1)CCN2. The topological polar surface area (TPSA) is 96.3 Å². The Balaban J connectivity index is 1.38. The van der Waals surface area contributed by atoms with Crippen molar-refractivity contribution in [1.29, 1.82) is 0 Å². The number of aromatic nitrogens is 2. The van der Waals surface area contributed by atoms with E-state index in [9.17, 15) is 13.2 Å². The molecule has 2 N–H and O–H groups in total. The van der Waals surface area contributed by atoms with Crippen LogP contribution in [0.5, 0.6) is 0 Å². The molecule has 9 heteroatoms. The Morgan fingerprint density at radius 3 is 2.56 bits per heavy atom. The molecule has 8 nitrogen and oxygen atoms in total. The number of hydrogen-bond donors (Lipinski definition) is 2. The van der Waals surface area contributed by atoms with Crippen LogP contribution in [0.4, 0.5) is 5.82 Å². The fourth-order valence-electron chi connectivity index (χ4n) is 3.44. The normalized spacial score (nSPS) is 17.3. The molecular weight excluding hydrogens is 366 g/mol. The summed E-state index contributed by atoms with van der Waals surface area (Å²) in [7, 11) is -3.43. The average molecular weight is 389 g/mol. The maximum atomic E-state index is 12.7. The molecule has 0 unspecified atom stereocenters. The van der Waals surface area contributed by atoms with Gasteiger partial charge in [-0.3, -0.25) is 4.79 Å². The molecule has 0 spiro atoms. The zero-order valence-electron chi connectivity index (χ0n) is 15.0. The van der Waals surface area contributed by atoms with Crippen LogP contribution in [0.1, 0.15) is 35.3 Å². The van der Waals surface area contributed by atoms with Gasteiger partial charge in [0.1, 0.15) is 5.82 Å². The Bertz CT molecular complexity index is 909. The summed E-state index contributed by atoms with van der Waals surface area (Å²) in [6, 6.07) is 8.44. The highest BCUT2D eigenvalue weighted by atomic mass is 32.2. The molecule has 1 saturated heterocycles. The number of benzene rings is 1. The number of nitrogens with zero attached hydrogens (tertiary/aromatic N) is 3. The second kappa shape index (κ2) is 7.32. The van der Waals surface area contributed by atoms with Crippen LogP contribution in [-0.4, -0.2) is 48.0 Å². The molecule has 0 aliphatic carbocycles. The van der Waals surface area contributed by atoms with E-state index in [-0.39, 0.29) is 5.91 Å². The number of rotatable bonds is 5. The number of anilines is 1. The van der Waals surface area contributed by atoms with Crippen LogP contribution in [0, 0.1) is 0 Å². The monoisotopic (exact) mass is 389 g/mol. The summed E-state index contributed by atoms with van der Waals surface area (Å²) in [6.45, 7) is 3.08. The molecule has 0 radical (unpaired) electrons. The molecule has 0 bridgehead atoms. The van der Waals surface area contributed by atoms with Crippen LogP contribution in [-0.2, 0) is 23.1 Å². The summed E-state index contributed by atoms with van der Waals surface area (Å²) < 4.78 is 28.6. The highest BCUT2D eigenvalue weighted by molar-refractivity contribution is 7.89. The maximum Gasteiger partial charge on any atom is 0.272 e. The minimum atomic E-state index is -3.43. The van der Waals surface area contributed by atoms with Gasteiger partial charge in [0.2, 0.25) is 10.0 Å². The van der Waals surface area contributed by atoms with E-state index in [0.717, 1.165) is 43.7 Å². The first-order valence-electron chi connectivity index (χ1n) is 9.23. The van der Waals surface area contributed by atoms with Gasteiger partial charge in [0.05, 0.1) is 11.4 Å². The lowest BCUT2D eigenvalue weighted by atomic mass is 10.2. The Morgan fingerprint density at radius 2 is 1.85 bits per heavy atom. The molecule has 1 aromatic heterocycles. The van der Waals surface area contributed by atoms with E-state index in [0.29, 0.717) is 30.2 Å². The molecule has 3 heterocycles. The smallest absolute Gasteiger partial charge is 0.272 e. The third kappa shape index (κ3) is 3.70. The van der Waals surface area contributed by atoms with Crippen molar-refractivity contribution in [2.45, 2.75) is 37.2 Å². The molecule has 144 valence electrons. The molecule has 27 heavy (non-hydrogen) atoms. The van der Waals surface area contributed by atoms with Crippen LogP contribution in [0.25, 0.3) is 0 Å². The van der Waals surface area contributed by atoms with Gasteiger partial charge in [0.25, 0.3) is 5.91 Å². The van der Waals surface area contributed by atoms with Gasteiger partial charge in [-0.1, -0.05) is 18.6 Å². The molecule has 2 aliphatic heterocycles. The Kier molecular flexibility index (Phi) is 4.88. The van der Waals surface area contributed by atoms with Gasteiger partial charge in [0.15, 0.2) is 5.69 Å². The summed E-state index contributed by atoms with van der Waals surface area (Å²) in [5, 5.41) is 10.2. The van der Waals surface area contributed by atoms with Crippen LogP contribution in [0.15, 0.2) is 35.2 Å². The summed E-state index contributed by atoms with van der Waals surface area (Å²) >= 11 is 0. The van der Waals surface area contributed by atoms with E-state index >= 15 is 0 Å². The molecule has 0 saturated carbocycles. The number of piperidine rings is 1. The van der Waals surface area contributed by atoms with Crippen molar-refractivity contribution in [3.8, 4) is 0 Å². The largest absolute Gasteiger partial charge is 0.368 e. The van der Waals surface area contributed by atoms with Crippen molar-refractivity contribution < 1.29 is 13.2 Å². The van der Waals surface area contributed by atoms with Crippen molar-refractivity contribution in [2.24, 2.45) is 0 Å². The number of sulfonamides is 1. The highest BCUT2D eigenvalue weighted by Gasteiger charge is 2.25. The van der Waals surface area contributed by atoms with E-state index in [4.69, 9.17) is 0 Å². The first kappa shape index (κ1) is 18.0. The molecule has 4 rings (SSSR count). The minimum absolute atomic E-state index is 0.247. The van der Waals surface area contributed by atoms with Gasteiger partial charge in [-0.2, -0.15) is 9.40 Å². The number of nitrogens with one attached hydrogen (secondary N) is 2. The first-order valence-corrected chi connectivity index (χ1v) is 10.7. The van der Waals surface area contributed by atoms with Crippen LogP contribution in [0.3, 0.4) is 0 Å². The summed E-state index contributed by atoms with van der Waals surface area (Å²) in [5.74, 6) is 0.608. The van der Waals surface area contributed by atoms with Crippen molar-refractivity contribution in [3.05, 3.63) is 41.6 Å².